The van der Waals surface area contributed by atoms with E-state index in [1.54, 1.807) is 24.7 Å². The van der Waals surface area contributed by atoms with Crippen LogP contribution in [0.15, 0.2) is 17.2 Å². The van der Waals surface area contributed by atoms with Crippen LogP contribution in [0.25, 0.3) is 11.3 Å². The van der Waals surface area contributed by atoms with Crippen LogP contribution in [0.3, 0.4) is 0 Å². The van der Waals surface area contributed by atoms with Gasteiger partial charge >= 0.3 is 5.97 Å². The molecule has 2 aromatic rings. The van der Waals surface area contributed by atoms with Crippen molar-refractivity contribution in [1.82, 2.24) is 9.78 Å². The Labute approximate surface area is 128 Å². The lowest BCUT2D eigenvalue weighted by Crippen LogP contribution is -2.17. The minimum absolute atomic E-state index is 0.0952. The first-order valence-electron chi connectivity index (χ1n) is 6.93. The maximum absolute atomic E-state index is 12.6. The molecule has 1 aliphatic rings. The number of hydrogen-bond acceptors (Lipinski definition) is 4. The molecule has 0 saturated heterocycles. The van der Waals surface area contributed by atoms with E-state index < -0.39 is 15.8 Å². The number of carbonyl (C=O) groups is 1. The van der Waals surface area contributed by atoms with E-state index in [1.165, 1.54) is 6.07 Å². The first-order valence-corrected chi connectivity index (χ1v) is 8.58. The Morgan fingerprint density at radius 3 is 2.68 bits per heavy atom. The molecule has 1 aliphatic heterocycles. The van der Waals surface area contributed by atoms with Crippen LogP contribution in [-0.4, -0.2) is 29.3 Å². The highest BCUT2D eigenvalue weighted by atomic mass is 32.2. The van der Waals surface area contributed by atoms with E-state index >= 15 is 0 Å². The fourth-order valence-electron chi connectivity index (χ4n) is 3.02. The van der Waals surface area contributed by atoms with Crippen LogP contribution in [0, 0.1) is 13.8 Å². The summed E-state index contributed by atoms with van der Waals surface area (Å²) in [4.78, 5) is 11.6. The van der Waals surface area contributed by atoms with Gasteiger partial charge in [0.05, 0.1) is 21.9 Å². The molecule has 0 bridgehead atoms. The number of aromatic carboxylic acids is 1. The average molecular weight is 320 g/mol. The number of fused-ring (bicyclic) bond motifs is 3. The van der Waals surface area contributed by atoms with Gasteiger partial charge in [0.2, 0.25) is 0 Å². The zero-order valence-electron chi connectivity index (χ0n) is 12.5. The van der Waals surface area contributed by atoms with E-state index in [-0.39, 0.29) is 16.2 Å². The zero-order chi connectivity index (χ0) is 16.2. The topological polar surface area (TPSA) is 89.3 Å². The molecule has 0 unspecified atom stereocenters. The minimum Gasteiger partial charge on any atom is -0.478 e. The summed E-state index contributed by atoms with van der Waals surface area (Å²) in [5.74, 6) is -1.16. The van der Waals surface area contributed by atoms with Crippen LogP contribution in [0.2, 0.25) is 0 Å². The monoisotopic (exact) mass is 320 g/mol. The predicted molar refractivity (Wildman–Crippen MR) is 80.7 cm³/mol. The third-order valence-electron chi connectivity index (χ3n) is 4.01. The Kier molecular flexibility index (Phi) is 3.14. The third-order valence-corrected chi connectivity index (χ3v) is 5.85. The second kappa shape index (κ2) is 4.67. The van der Waals surface area contributed by atoms with Crippen molar-refractivity contribution in [3.05, 3.63) is 34.5 Å². The van der Waals surface area contributed by atoms with E-state index in [1.807, 2.05) is 6.92 Å². The molecule has 0 fully saturated rings. The van der Waals surface area contributed by atoms with Crippen molar-refractivity contribution < 1.29 is 18.3 Å². The predicted octanol–water partition coefficient (Wildman–Crippen LogP) is 2.17. The fraction of sp³-hybridized carbons (Fsp3) is 0.333. The summed E-state index contributed by atoms with van der Waals surface area (Å²) in [6.07, 6.45) is 1.72. The van der Waals surface area contributed by atoms with Crippen molar-refractivity contribution in [3.8, 4) is 11.3 Å². The zero-order valence-corrected chi connectivity index (χ0v) is 13.4. The molecule has 2 heterocycles. The van der Waals surface area contributed by atoms with Crippen LogP contribution in [0.5, 0.6) is 0 Å². The van der Waals surface area contributed by atoms with E-state index in [0.29, 0.717) is 34.5 Å². The Hall–Kier alpha value is -2.15. The largest absolute Gasteiger partial charge is 0.478 e. The number of carboxylic acids is 1. The van der Waals surface area contributed by atoms with Crippen LogP contribution in [0.1, 0.15) is 34.0 Å². The Balaban J connectivity index is 2.47. The Bertz CT molecular complexity index is 910. The molecule has 1 N–H and O–H groups in total. The number of benzene rings is 1. The van der Waals surface area contributed by atoms with E-state index in [2.05, 4.69) is 5.10 Å². The van der Waals surface area contributed by atoms with Crippen molar-refractivity contribution in [3.63, 3.8) is 0 Å². The maximum atomic E-state index is 12.6. The molecule has 0 atom stereocenters. The SMILES string of the molecule is CCn1cc2c(n1)-c1c(C)c(C(=O)O)cc(C)c1S(=O)(=O)C2. The van der Waals surface area contributed by atoms with Gasteiger partial charge in [-0.2, -0.15) is 5.10 Å². The molecule has 0 aliphatic carbocycles. The first kappa shape index (κ1) is 14.8. The summed E-state index contributed by atoms with van der Waals surface area (Å²) in [6, 6.07) is 1.43. The lowest BCUT2D eigenvalue weighted by Gasteiger charge is -2.21. The molecule has 0 spiro atoms. The molecule has 3 rings (SSSR count). The van der Waals surface area contributed by atoms with E-state index in [9.17, 15) is 18.3 Å². The lowest BCUT2D eigenvalue weighted by atomic mass is 9.95. The van der Waals surface area contributed by atoms with Gasteiger partial charge in [0, 0.05) is 23.9 Å². The summed E-state index contributed by atoms with van der Waals surface area (Å²) >= 11 is 0. The van der Waals surface area contributed by atoms with Gasteiger partial charge in [-0.25, -0.2) is 13.2 Å². The van der Waals surface area contributed by atoms with Crippen LogP contribution in [0.4, 0.5) is 0 Å². The fourth-order valence-corrected chi connectivity index (χ4v) is 4.89. The molecular formula is C15H16N2O4S. The second-order valence-corrected chi connectivity index (χ2v) is 7.42. The van der Waals surface area contributed by atoms with Crippen molar-refractivity contribution in [2.45, 2.75) is 38.0 Å². The molecule has 1 aromatic carbocycles. The number of sulfone groups is 1. The van der Waals surface area contributed by atoms with Crippen LogP contribution < -0.4 is 0 Å². The number of nitrogens with zero attached hydrogens (tertiary/aromatic N) is 2. The molecule has 116 valence electrons. The van der Waals surface area contributed by atoms with Crippen LogP contribution >= 0.6 is 0 Å². The summed E-state index contributed by atoms with van der Waals surface area (Å²) in [5, 5.41) is 13.8. The number of aryl methyl sites for hydroxylation is 2. The summed E-state index contributed by atoms with van der Waals surface area (Å²) in [6.45, 7) is 5.81. The normalized spacial score (nSPS) is 15.2. The van der Waals surface area contributed by atoms with Crippen molar-refractivity contribution in [2.75, 3.05) is 0 Å². The number of aromatic nitrogens is 2. The van der Waals surface area contributed by atoms with Crippen molar-refractivity contribution in [2.24, 2.45) is 0 Å². The quantitative estimate of drug-likeness (QED) is 0.916. The molecule has 0 saturated carbocycles. The molecule has 22 heavy (non-hydrogen) atoms. The van der Waals surface area contributed by atoms with E-state index in [0.717, 1.165) is 0 Å². The summed E-state index contributed by atoms with van der Waals surface area (Å²) in [5.41, 5.74) is 2.65. The smallest absolute Gasteiger partial charge is 0.335 e. The maximum Gasteiger partial charge on any atom is 0.335 e. The number of hydrogen-bond donors (Lipinski definition) is 1. The van der Waals surface area contributed by atoms with E-state index in [4.69, 9.17) is 0 Å². The molecule has 7 heteroatoms. The highest BCUT2D eigenvalue weighted by molar-refractivity contribution is 7.91. The average Bonchev–Trinajstić information content (AvgIpc) is 2.82. The highest BCUT2D eigenvalue weighted by Crippen LogP contribution is 2.42. The molecular weight excluding hydrogens is 304 g/mol. The Morgan fingerprint density at radius 1 is 1.41 bits per heavy atom. The standard InChI is InChI=1S/C15H16N2O4S/c1-4-17-6-10-7-22(20,21)14-8(2)5-11(15(18)19)9(3)12(14)13(10)16-17/h5-6H,4,7H2,1-3H3,(H,18,19). The van der Waals surface area contributed by atoms with Gasteiger partial charge in [0.1, 0.15) is 0 Å². The van der Waals surface area contributed by atoms with Gasteiger partial charge in [-0.05, 0) is 38.0 Å². The van der Waals surface area contributed by atoms with Crippen LogP contribution in [-0.2, 0) is 22.1 Å². The van der Waals surface area contributed by atoms with Gasteiger partial charge in [-0.1, -0.05) is 0 Å². The van der Waals surface area contributed by atoms with Gasteiger partial charge in [0.25, 0.3) is 0 Å². The lowest BCUT2D eigenvalue weighted by molar-refractivity contribution is 0.0696. The number of rotatable bonds is 2. The molecule has 1 aromatic heterocycles. The van der Waals surface area contributed by atoms with Gasteiger partial charge in [0.15, 0.2) is 9.84 Å². The van der Waals surface area contributed by atoms with Gasteiger partial charge in [-0.3, -0.25) is 4.68 Å². The molecule has 0 radical (unpaired) electrons. The molecule has 0 amide bonds. The Morgan fingerprint density at radius 2 is 2.09 bits per heavy atom. The van der Waals surface area contributed by atoms with Crippen molar-refractivity contribution >= 4 is 15.8 Å². The third kappa shape index (κ3) is 1.96. The van der Waals surface area contributed by atoms with Crippen molar-refractivity contribution in [1.29, 1.82) is 0 Å². The second-order valence-electron chi connectivity index (χ2n) is 5.49. The van der Waals surface area contributed by atoms with Gasteiger partial charge in [-0.15, -0.1) is 0 Å². The first-order chi connectivity index (χ1) is 10.3. The summed E-state index contributed by atoms with van der Waals surface area (Å²) in [7, 11) is -3.49. The highest BCUT2D eigenvalue weighted by Gasteiger charge is 2.34. The summed E-state index contributed by atoms with van der Waals surface area (Å²) < 4.78 is 26.9. The van der Waals surface area contributed by atoms with Gasteiger partial charge < -0.3 is 5.11 Å². The molecule has 6 nitrogen and oxygen atoms in total. The minimum atomic E-state index is -3.49. The number of carboxylic acid groups (broad SMARTS) is 1.